The summed E-state index contributed by atoms with van der Waals surface area (Å²) in [6.45, 7) is 3.34. The molecule has 4 rings (SSSR count). The number of carbonyl (C=O) groups excluding carboxylic acids is 2. The van der Waals surface area contributed by atoms with Crippen molar-refractivity contribution in [3.8, 4) is 0 Å². The van der Waals surface area contributed by atoms with Crippen molar-refractivity contribution >= 4 is 23.2 Å². The molecule has 0 radical (unpaired) electrons. The smallest absolute Gasteiger partial charge is 0.229 e. The van der Waals surface area contributed by atoms with Crippen molar-refractivity contribution in [1.82, 2.24) is 4.90 Å². The topological polar surface area (TPSA) is 61.4 Å². The van der Waals surface area contributed by atoms with Gasteiger partial charge in [-0.1, -0.05) is 49.2 Å². The Bertz CT molecular complexity index is 889. The van der Waals surface area contributed by atoms with Crippen molar-refractivity contribution < 1.29 is 9.59 Å². The summed E-state index contributed by atoms with van der Waals surface area (Å²) in [7, 11) is 0. The summed E-state index contributed by atoms with van der Waals surface area (Å²) < 4.78 is 0. The molecule has 2 aliphatic rings. The predicted octanol–water partition coefficient (Wildman–Crippen LogP) is 4.34. The zero-order valence-electron chi connectivity index (χ0n) is 17.0. The largest absolute Gasteiger partial charge is 0.379 e. The summed E-state index contributed by atoms with van der Waals surface area (Å²) in [5, 5.41) is 6.49. The molecule has 0 unspecified atom stereocenters. The molecule has 5 nitrogen and oxygen atoms in total. The average Bonchev–Trinajstić information content (AvgIpc) is 3.38. The first kappa shape index (κ1) is 19.5. The zero-order valence-corrected chi connectivity index (χ0v) is 17.0. The number of hydrogen-bond donors (Lipinski definition) is 2. The SMILES string of the molecule is Cc1ccccc1CNc1ccccc1NC(=O)[C@H]1CC(=O)N(C2CCCC2)C1. The van der Waals surface area contributed by atoms with E-state index in [0.717, 1.165) is 24.2 Å². The van der Waals surface area contributed by atoms with Gasteiger partial charge in [-0.2, -0.15) is 0 Å². The molecule has 1 heterocycles. The van der Waals surface area contributed by atoms with Crippen molar-refractivity contribution in [2.45, 2.75) is 51.6 Å². The van der Waals surface area contributed by atoms with Gasteiger partial charge in [0.15, 0.2) is 0 Å². The Labute approximate surface area is 172 Å². The van der Waals surface area contributed by atoms with Gasteiger partial charge < -0.3 is 15.5 Å². The van der Waals surface area contributed by atoms with Gasteiger partial charge in [0.05, 0.1) is 17.3 Å². The van der Waals surface area contributed by atoms with Crippen LogP contribution in [0.1, 0.15) is 43.2 Å². The Morgan fingerprint density at radius 1 is 1.03 bits per heavy atom. The van der Waals surface area contributed by atoms with Gasteiger partial charge in [-0.15, -0.1) is 0 Å². The van der Waals surface area contributed by atoms with Crippen LogP contribution in [0, 0.1) is 12.8 Å². The number of aryl methyl sites for hydroxylation is 1. The van der Waals surface area contributed by atoms with Crippen LogP contribution in [0.25, 0.3) is 0 Å². The Morgan fingerprint density at radius 3 is 2.48 bits per heavy atom. The minimum Gasteiger partial charge on any atom is -0.379 e. The van der Waals surface area contributed by atoms with Crippen LogP contribution in [0.4, 0.5) is 11.4 Å². The van der Waals surface area contributed by atoms with E-state index < -0.39 is 0 Å². The third kappa shape index (κ3) is 4.44. The van der Waals surface area contributed by atoms with Crippen LogP contribution >= 0.6 is 0 Å². The quantitative estimate of drug-likeness (QED) is 0.770. The van der Waals surface area contributed by atoms with Crippen LogP contribution in [0.2, 0.25) is 0 Å². The van der Waals surface area contributed by atoms with Crippen LogP contribution in [-0.4, -0.2) is 29.3 Å². The first-order valence-corrected chi connectivity index (χ1v) is 10.6. The molecule has 0 aromatic heterocycles. The highest BCUT2D eigenvalue weighted by Crippen LogP contribution is 2.30. The van der Waals surface area contributed by atoms with Gasteiger partial charge >= 0.3 is 0 Å². The lowest BCUT2D eigenvalue weighted by atomic mass is 10.1. The number of para-hydroxylation sites is 2. The molecule has 1 atom stereocenters. The van der Waals surface area contributed by atoms with Gasteiger partial charge in [0.1, 0.15) is 0 Å². The van der Waals surface area contributed by atoms with E-state index in [9.17, 15) is 9.59 Å². The van der Waals surface area contributed by atoms with Crippen LogP contribution in [-0.2, 0) is 16.1 Å². The molecule has 2 N–H and O–H groups in total. The molecular formula is C24H29N3O2. The van der Waals surface area contributed by atoms with E-state index in [1.165, 1.54) is 24.0 Å². The predicted molar refractivity (Wildman–Crippen MR) is 116 cm³/mol. The van der Waals surface area contributed by atoms with E-state index in [1.54, 1.807) is 0 Å². The summed E-state index contributed by atoms with van der Waals surface area (Å²) in [6.07, 6.45) is 4.84. The highest BCUT2D eigenvalue weighted by Gasteiger charge is 2.38. The normalized spacial score (nSPS) is 19.6. The van der Waals surface area contributed by atoms with Crippen molar-refractivity contribution in [1.29, 1.82) is 0 Å². The molecule has 152 valence electrons. The van der Waals surface area contributed by atoms with Crippen molar-refractivity contribution in [2.24, 2.45) is 5.92 Å². The summed E-state index contributed by atoms with van der Waals surface area (Å²) in [5.41, 5.74) is 4.11. The molecule has 1 aliphatic heterocycles. The lowest BCUT2D eigenvalue weighted by molar-refractivity contribution is -0.129. The van der Waals surface area contributed by atoms with Gasteiger partial charge in [-0.3, -0.25) is 9.59 Å². The Morgan fingerprint density at radius 2 is 1.72 bits per heavy atom. The molecule has 2 amide bonds. The van der Waals surface area contributed by atoms with Crippen LogP contribution in [0.3, 0.4) is 0 Å². The molecule has 0 bridgehead atoms. The number of amides is 2. The Hall–Kier alpha value is -2.82. The van der Waals surface area contributed by atoms with Crippen LogP contribution in [0.5, 0.6) is 0 Å². The van der Waals surface area contributed by atoms with E-state index in [-0.39, 0.29) is 17.7 Å². The molecule has 1 saturated carbocycles. The Balaban J connectivity index is 1.40. The number of carbonyl (C=O) groups is 2. The lowest BCUT2D eigenvalue weighted by Gasteiger charge is -2.24. The second-order valence-corrected chi connectivity index (χ2v) is 8.20. The van der Waals surface area contributed by atoms with E-state index in [0.29, 0.717) is 25.6 Å². The van der Waals surface area contributed by atoms with Gasteiger partial charge in [0, 0.05) is 25.6 Å². The summed E-state index contributed by atoms with van der Waals surface area (Å²) >= 11 is 0. The first-order chi connectivity index (χ1) is 14.1. The van der Waals surface area contributed by atoms with Gasteiger partial charge in [0.2, 0.25) is 11.8 Å². The van der Waals surface area contributed by atoms with E-state index in [1.807, 2.05) is 41.3 Å². The summed E-state index contributed by atoms with van der Waals surface area (Å²) in [5.74, 6) is -0.209. The van der Waals surface area contributed by atoms with E-state index >= 15 is 0 Å². The molecule has 0 spiro atoms. The zero-order chi connectivity index (χ0) is 20.2. The lowest BCUT2D eigenvalue weighted by Crippen LogP contribution is -2.35. The maximum atomic E-state index is 12.9. The van der Waals surface area contributed by atoms with Crippen molar-refractivity contribution in [2.75, 3.05) is 17.2 Å². The second-order valence-electron chi connectivity index (χ2n) is 8.20. The van der Waals surface area contributed by atoms with Crippen LogP contribution in [0.15, 0.2) is 48.5 Å². The van der Waals surface area contributed by atoms with Gasteiger partial charge in [-0.25, -0.2) is 0 Å². The summed E-state index contributed by atoms with van der Waals surface area (Å²) in [4.78, 5) is 27.2. The first-order valence-electron chi connectivity index (χ1n) is 10.6. The van der Waals surface area contributed by atoms with E-state index in [2.05, 4.69) is 29.7 Å². The monoisotopic (exact) mass is 391 g/mol. The maximum absolute atomic E-state index is 12.9. The average molecular weight is 392 g/mol. The molecule has 2 fully saturated rings. The van der Waals surface area contributed by atoms with Gasteiger partial charge in [0.25, 0.3) is 0 Å². The molecule has 1 aliphatic carbocycles. The highest BCUT2D eigenvalue weighted by molar-refractivity contribution is 5.99. The number of likely N-dealkylation sites (tertiary alicyclic amines) is 1. The van der Waals surface area contributed by atoms with Crippen LogP contribution < -0.4 is 10.6 Å². The molecule has 29 heavy (non-hydrogen) atoms. The third-order valence-corrected chi connectivity index (χ3v) is 6.21. The fraction of sp³-hybridized carbons (Fsp3) is 0.417. The minimum absolute atomic E-state index is 0.0658. The standard InChI is InChI=1S/C24H29N3O2/c1-17-8-2-3-9-18(17)15-25-21-12-6-7-13-22(21)26-24(29)19-14-23(28)27(16-19)20-10-4-5-11-20/h2-3,6-9,12-13,19-20,25H,4-5,10-11,14-16H2,1H3,(H,26,29)/t19-/m0/s1. The minimum atomic E-state index is -0.271. The van der Waals surface area contributed by atoms with Gasteiger partial charge in [-0.05, 0) is 43.0 Å². The number of nitrogens with one attached hydrogen (secondary N) is 2. The van der Waals surface area contributed by atoms with Crippen molar-refractivity contribution in [3.05, 3.63) is 59.7 Å². The molecule has 5 heteroatoms. The Kier molecular flexibility index (Phi) is 5.84. The number of nitrogens with zero attached hydrogens (tertiary/aromatic N) is 1. The number of rotatable bonds is 6. The molecule has 2 aromatic rings. The van der Waals surface area contributed by atoms with Crippen molar-refractivity contribution in [3.63, 3.8) is 0 Å². The molecular weight excluding hydrogens is 362 g/mol. The highest BCUT2D eigenvalue weighted by atomic mass is 16.2. The number of hydrogen-bond acceptors (Lipinski definition) is 3. The second kappa shape index (κ2) is 8.68. The number of anilines is 2. The fourth-order valence-electron chi connectivity index (χ4n) is 4.46. The summed E-state index contributed by atoms with van der Waals surface area (Å²) in [6, 6.07) is 16.3. The molecule has 1 saturated heterocycles. The maximum Gasteiger partial charge on any atom is 0.229 e. The fourth-order valence-corrected chi connectivity index (χ4v) is 4.46. The number of benzene rings is 2. The molecule has 2 aromatic carbocycles. The third-order valence-electron chi connectivity index (χ3n) is 6.21. The van der Waals surface area contributed by atoms with E-state index in [4.69, 9.17) is 0 Å².